The van der Waals surface area contributed by atoms with E-state index in [0.29, 0.717) is 30.7 Å². The number of nitrogens with zero attached hydrogens (tertiary/aromatic N) is 5. The van der Waals surface area contributed by atoms with Crippen molar-refractivity contribution in [2.45, 2.75) is 13.5 Å². The number of carbonyl (C=O) groups excluding carboxylic acids is 1. The summed E-state index contributed by atoms with van der Waals surface area (Å²) < 4.78 is 1.94. The number of anilines is 1. The quantitative estimate of drug-likeness (QED) is 0.473. The van der Waals surface area contributed by atoms with Crippen LogP contribution in [0, 0.1) is 6.92 Å². The molecule has 0 aliphatic rings. The Hall–Kier alpha value is -3.81. The van der Waals surface area contributed by atoms with Crippen molar-refractivity contribution in [3.05, 3.63) is 78.3 Å². The van der Waals surface area contributed by atoms with Crippen molar-refractivity contribution in [2.24, 2.45) is 0 Å². The second-order valence-electron chi connectivity index (χ2n) is 6.67. The van der Waals surface area contributed by atoms with Crippen LogP contribution in [0.1, 0.15) is 21.5 Å². The molecule has 0 aliphatic carbocycles. The maximum Gasteiger partial charge on any atom is 0.252 e. The van der Waals surface area contributed by atoms with E-state index < -0.39 is 0 Å². The fourth-order valence-corrected chi connectivity index (χ4v) is 3.02. The minimum absolute atomic E-state index is 0.172. The summed E-state index contributed by atoms with van der Waals surface area (Å²) in [5.74, 6) is -0.172. The summed E-state index contributed by atoms with van der Waals surface area (Å²) in [6, 6.07) is 7.58. The number of aryl methyl sites for hydroxylation is 1. The molecule has 4 rings (SSSR count). The lowest BCUT2D eigenvalue weighted by molar-refractivity contribution is 0.0955. The zero-order valence-electron chi connectivity index (χ0n) is 16.0. The number of fused-ring (bicyclic) bond motifs is 1. The van der Waals surface area contributed by atoms with Gasteiger partial charge in [0.15, 0.2) is 5.65 Å². The van der Waals surface area contributed by atoms with Crippen LogP contribution < -0.4 is 10.6 Å². The van der Waals surface area contributed by atoms with Gasteiger partial charge in [-0.15, -0.1) is 0 Å². The van der Waals surface area contributed by atoms with E-state index in [0.717, 1.165) is 22.5 Å². The monoisotopic (exact) mass is 387 g/mol. The van der Waals surface area contributed by atoms with E-state index in [9.17, 15) is 4.79 Å². The van der Waals surface area contributed by atoms with Crippen molar-refractivity contribution >= 4 is 22.8 Å². The van der Waals surface area contributed by atoms with Crippen molar-refractivity contribution < 1.29 is 4.79 Å². The molecule has 0 saturated heterocycles. The molecular weight excluding hydrogens is 366 g/mol. The molecule has 0 bridgehead atoms. The van der Waals surface area contributed by atoms with Gasteiger partial charge in [0.25, 0.3) is 5.91 Å². The Morgan fingerprint density at radius 3 is 2.79 bits per heavy atom. The second kappa shape index (κ2) is 8.47. The number of rotatable bonds is 7. The molecule has 0 atom stereocenters. The smallest absolute Gasteiger partial charge is 0.252 e. The fourth-order valence-electron chi connectivity index (χ4n) is 3.02. The van der Waals surface area contributed by atoms with E-state index in [1.54, 1.807) is 37.2 Å². The summed E-state index contributed by atoms with van der Waals surface area (Å²) >= 11 is 0. The summed E-state index contributed by atoms with van der Waals surface area (Å²) in [4.78, 5) is 29.5. The Kier molecular flexibility index (Phi) is 5.42. The first kappa shape index (κ1) is 18.5. The van der Waals surface area contributed by atoms with Gasteiger partial charge >= 0.3 is 0 Å². The zero-order valence-corrected chi connectivity index (χ0v) is 16.0. The predicted molar refractivity (Wildman–Crippen MR) is 111 cm³/mol. The minimum Gasteiger partial charge on any atom is -0.383 e. The van der Waals surface area contributed by atoms with Crippen molar-refractivity contribution in [1.29, 1.82) is 0 Å². The number of imidazole rings is 1. The average Bonchev–Trinajstić information content (AvgIpc) is 3.15. The molecule has 0 saturated carbocycles. The molecule has 2 N–H and O–H groups in total. The van der Waals surface area contributed by atoms with Crippen molar-refractivity contribution in [2.75, 3.05) is 18.4 Å². The maximum atomic E-state index is 12.4. The molecule has 0 spiro atoms. The summed E-state index contributed by atoms with van der Waals surface area (Å²) in [5.41, 5.74) is 5.05. The Morgan fingerprint density at radius 1 is 1.07 bits per heavy atom. The van der Waals surface area contributed by atoms with E-state index in [4.69, 9.17) is 0 Å². The van der Waals surface area contributed by atoms with Crippen LogP contribution in [0.3, 0.4) is 0 Å². The van der Waals surface area contributed by atoms with E-state index >= 15 is 0 Å². The first-order chi connectivity index (χ1) is 14.2. The second-order valence-corrected chi connectivity index (χ2v) is 6.67. The standard InChI is InChI=1S/C21H21N7O/c1-15-10-23-6-4-18(15)24-7-8-25-21(29)17-9-19-20(26-12-17)28(14-27-19)13-16-3-2-5-22-11-16/h2-6,9-12,14H,7-8,13H2,1H3,(H,23,24)(H,25,29). The predicted octanol–water partition coefficient (Wildman–Crippen LogP) is 2.42. The molecule has 4 aromatic heterocycles. The highest BCUT2D eigenvalue weighted by molar-refractivity contribution is 5.96. The van der Waals surface area contributed by atoms with Gasteiger partial charge in [-0.2, -0.15) is 0 Å². The van der Waals surface area contributed by atoms with Crippen molar-refractivity contribution in [3.63, 3.8) is 0 Å². The van der Waals surface area contributed by atoms with Gasteiger partial charge in [-0.05, 0) is 36.2 Å². The molecule has 0 aromatic carbocycles. The van der Waals surface area contributed by atoms with Crippen LogP contribution in [-0.4, -0.2) is 43.5 Å². The first-order valence-corrected chi connectivity index (χ1v) is 9.33. The summed E-state index contributed by atoms with van der Waals surface area (Å²) in [7, 11) is 0. The lowest BCUT2D eigenvalue weighted by Crippen LogP contribution is -2.29. The molecule has 8 heteroatoms. The van der Waals surface area contributed by atoms with Gasteiger partial charge in [-0.25, -0.2) is 9.97 Å². The molecule has 4 aromatic rings. The molecule has 0 aliphatic heterocycles. The number of hydrogen-bond acceptors (Lipinski definition) is 6. The summed E-state index contributed by atoms with van der Waals surface area (Å²) in [6.07, 6.45) is 10.4. The Balaban J connectivity index is 1.36. The molecule has 0 radical (unpaired) electrons. The molecule has 1 amide bonds. The number of carbonyl (C=O) groups is 1. The topological polar surface area (TPSA) is 97.6 Å². The van der Waals surface area contributed by atoms with Crippen LogP contribution in [0.5, 0.6) is 0 Å². The van der Waals surface area contributed by atoms with E-state index in [-0.39, 0.29) is 5.91 Å². The van der Waals surface area contributed by atoms with Crippen LogP contribution in [0.2, 0.25) is 0 Å². The zero-order chi connectivity index (χ0) is 20.1. The Morgan fingerprint density at radius 2 is 1.97 bits per heavy atom. The van der Waals surface area contributed by atoms with Crippen LogP contribution in [-0.2, 0) is 6.54 Å². The molecule has 0 fully saturated rings. The van der Waals surface area contributed by atoms with Gasteiger partial charge in [-0.1, -0.05) is 6.07 Å². The third-order valence-electron chi connectivity index (χ3n) is 4.54. The van der Waals surface area contributed by atoms with E-state index in [1.165, 1.54) is 0 Å². The maximum absolute atomic E-state index is 12.4. The number of aromatic nitrogens is 5. The highest BCUT2D eigenvalue weighted by Crippen LogP contribution is 2.14. The molecule has 4 heterocycles. The van der Waals surface area contributed by atoms with Crippen LogP contribution in [0.25, 0.3) is 11.2 Å². The summed E-state index contributed by atoms with van der Waals surface area (Å²) in [5, 5.41) is 6.18. The molecule has 146 valence electrons. The minimum atomic E-state index is -0.172. The lowest BCUT2D eigenvalue weighted by Gasteiger charge is -2.10. The van der Waals surface area contributed by atoms with Crippen molar-refractivity contribution in [3.8, 4) is 0 Å². The Labute approximate surface area is 168 Å². The number of amides is 1. The number of pyridine rings is 3. The fraction of sp³-hybridized carbons (Fsp3) is 0.190. The highest BCUT2D eigenvalue weighted by Gasteiger charge is 2.10. The number of hydrogen-bond donors (Lipinski definition) is 2. The van der Waals surface area contributed by atoms with Gasteiger partial charge in [0.05, 0.1) is 18.4 Å². The lowest BCUT2D eigenvalue weighted by atomic mass is 10.2. The number of nitrogens with one attached hydrogen (secondary N) is 2. The van der Waals surface area contributed by atoms with Crippen LogP contribution in [0.15, 0.2) is 61.6 Å². The molecule has 8 nitrogen and oxygen atoms in total. The highest BCUT2D eigenvalue weighted by atomic mass is 16.1. The van der Waals surface area contributed by atoms with E-state index in [1.807, 2.05) is 35.9 Å². The molecule has 29 heavy (non-hydrogen) atoms. The van der Waals surface area contributed by atoms with Gasteiger partial charge < -0.3 is 15.2 Å². The SMILES string of the molecule is Cc1cnccc1NCCNC(=O)c1cnc2c(c1)ncn2Cc1cccnc1. The largest absolute Gasteiger partial charge is 0.383 e. The normalized spacial score (nSPS) is 10.8. The third-order valence-corrected chi connectivity index (χ3v) is 4.54. The van der Waals surface area contributed by atoms with Crippen LogP contribution in [0.4, 0.5) is 5.69 Å². The average molecular weight is 387 g/mol. The van der Waals surface area contributed by atoms with Gasteiger partial charge in [-0.3, -0.25) is 14.8 Å². The van der Waals surface area contributed by atoms with Crippen molar-refractivity contribution in [1.82, 2.24) is 29.8 Å². The van der Waals surface area contributed by atoms with E-state index in [2.05, 4.69) is 30.6 Å². The summed E-state index contributed by atoms with van der Waals surface area (Å²) in [6.45, 7) is 3.73. The Bertz CT molecular complexity index is 1120. The van der Waals surface area contributed by atoms with Gasteiger partial charge in [0, 0.05) is 49.8 Å². The molecule has 0 unspecified atom stereocenters. The van der Waals surface area contributed by atoms with Gasteiger partial charge in [0.1, 0.15) is 5.52 Å². The third kappa shape index (κ3) is 4.37. The molecular formula is C21H21N7O. The van der Waals surface area contributed by atoms with Crippen LogP contribution >= 0.6 is 0 Å². The van der Waals surface area contributed by atoms with Gasteiger partial charge in [0.2, 0.25) is 0 Å². The first-order valence-electron chi connectivity index (χ1n) is 9.33.